The largest absolute Gasteiger partial charge is 0.379 e. The molecular weight excluding hydrogens is 280 g/mol. The highest BCUT2D eigenvalue weighted by atomic mass is 16.6. The highest BCUT2D eigenvalue weighted by Crippen LogP contribution is 2.16. The third-order valence-electron chi connectivity index (χ3n) is 3.68. The lowest BCUT2D eigenvalue weighted by molar-refractivity contribution is -0.00307. The average molecular weight is 318 g/mol. The molecule has 0 bridgehead atoms. The summed E-state index contributed by atoms with van der Waals surface area (Å²) in [4.78, 5) is 0. The minimum absolute atomic E-state index is 0.629. The fraction of sp³-hybridized carbons (Fsp3) is 1.00. The van der Waals surface area contributed by atoms with Gasteiger partial charge in [-0.25, -0.2) is 0 Å². The molecule has 0 aromatic heterocycles. The van der Waals surface area contributed by atoms with Crippen molar-refractivity contribution in [3.8, 4) is 0 Å². The molecule has 0 saturated heterocycles. The van der Waals surface area contributed by atoms with Crippen LogP contribution in [-0.2, 0) is 18.9 Å². The van der Waals surface area contributed by atoms with Gasteiger partial charge in [-0.2, -0.15) is 0 Å². The van der Waals surface area contributed by atoms with Crippen molar-refractivity contribution >= 4 is 0 Å². The third kappa shape index (κ3) is 16.2. The molecule has 1 unspecified atom stereocenters. The molecular formula is C18H38O4. The molecule has 4 heteroatoms. The van der Waals surface area contributed by atoms with Crippen molar-refractivity contribution in [2.75, 3.05) is 52.9 Å². The van der Waals surface area contributed by atoms with E-state index < -0.39 is 0 Å². The number of ether oxygens (including phenoxy) is 4. The van der Waals surface area contributed by atoms with Gasteiger partial charge in [0.2, 0.25) is 0 Å². The van der Waals surface area contributed by atoms with E-state index in [0.29, 0.717) is 39.6 Å². The number of unbranched alkanes of at least 4 members (excludes halogenated alkanes) is 1. The van der Waals surface area contributed by atoms with Crippen molar-refractivity contribution in [3.63, 3.8) is 0 Å². The van der Waals surface area contributed by atoms with E-state index >= 15 is 0 Å². The summed E-state index contributed by atoms with van der Waals surface area (Å²) >= 11 is 0. The Morgan fingerprint density at radius 3 is 1.50 bits per heavy atom. The predicted octanol–water partition coefficient (Wildman–Crippen LogP) is 4.07. The van der Waals surface area contributed by atoms with E-state index in [2.05, 4.69) is 20.8 Å². The minimum Gasteiger partial charge on any atom is -0.379 e. The lowest BCUT2D eigenvalue weighted by Gasteiger charge is -2.14. The Morgan fingerprint density at radius 2 is 1.05 bits per heavy atom. The Morgan fingerprint density at radius 1 is 0.545 bits per heavy atom. The molecule has 22 heavy (non-hydrogen) atoms. The van der Waals surface area contributed by atoms with Crippen LogP contribution in [0.15, 0.2) is 0 Å². The van der Waals surface area contributed by atoms with Crippen LogP contribution in [0.4, 0.5) is 0 Å². The molecule has 1 atom stereocenters. The van der Waals surface area contributed by atoms with Crippen LogP contribution in [0.3, 0.4) is 0 Å². The Bertz CT molecular complexity index is 200. The van der Waals surface area contributed by atoms with Crippen LogP contribution in [0.5, 0.6) is 0 Å². The van der Waals surface area contributed by atoms with Crippen LogP contribution in [0, 0.1) is 5.92 Å². The summed E-state index contributed by atoms with van der Waals surface area (Å²) in [6.07, 6.45) is 7.46. The summed E-state index contributed by atoms with van der Waals surface area (Å²) in [6, 6.07) is 0. The molecule has 0 rings (SSSR count). The average Bonchev–Trinajstić information content (AvgIpc) is 2.54. The maximum absolute atomic E-state index is 5.63. The van der Waals surface area contributed by atoms with Crippen molar-refractivity contribution in [2.45, 2.75) is 59.3 Å². The molecule has 0 aliphatic carbocycles. The van der Waals surface area contributed by atoms with E-state index in [0.717, 1.165) is 25.6 Å². The molecule has 0 aliphatic heterocycles. The quantitative estimate of drug-likeness (QED) is 0.357. The zero-order valence-corrected chi connectivity index (χ0v) is 15.1. The highest BCUT2D eigenvalue weighted by Gasteiger charge is 2.05. The summed E-state index contributed by atoms with van der Waals surface area (Å²) in [7, 11) is 0. The molecule has 0 saturated carbocycles. The van der Waals surface area contributed by atoms with Gasteiger partial charge in [0.25, 0.3) is 0 Å². The maximum Gasteiger partial charge on any atom is 0.0701 e. The second-order valence-electron chi connectivity index (χ2n) is 5.65. The highest BCUT2D eigenvalue weighted by molar-refractivity contribution is 4.56. The number of hydrogen-bond donors (Lipinski definition) is 0. The summed E-state index contributed by atoms with van der Waals surface area (Å²) in [5.74, 6) is 0.823. The first-order valence-corrected chi connectivity index (χ1v) is 9.16. The van der Waals surface area contributed by atoms with Crippen molar-refractivity contribution in [1.29, 1.82) is 0 Å². The van der Waals surface area contributed by atoms with Crippen LogP contribution < -0.4 is 0 Å². The van der Waals surface area contributed by atoms with E-state index in [9.17, 15) is 0 Å². The lowest BCUT2D eigenvalue weighted by atomic mass is 9.96. The SMILES string of the molecule is CCCCC(CC)CCOCCOCCOCCOCCC. The molecule has 0 N–H and O–H groups in total. The fourth-order valence-electron chi connectivity index (χ4n) is 2.20. The van der Waals surface area contributed by atoms with Crippen molar-refractivity contribution in [1.82, 2.24) is 0 Å². The molecule has 0 aromatic rings. The Hall–Kier alpha value is -0.160. The molecule has 0 amide bonds. The van der Waals surface area contributed by atoms with Crippen molar-refractivity contribution < 1.29 is 18.9 Å². The summed E-state index contributed by atoms with van der Waals surface area (Å²) in [6.45, 7) is 12.2. The van der Waals surface area contributed by atoms with Gasteiger partial charge >= 0.3 is 0 Å². The minimum atomic E-state index is 0.629. The fourth-order valence-corrected chi connectivity index (χ4v) is 2.20. The first-order chi connectivity index (χ1) is 10.8. The van der Waals surface area contributed by atoms with E-state index in [1.165, 1.54) is 32.1 Å². The van der Waals surface area contributed by atoms with Crippen LogP contribution in [0.1, 0.15) is 59.3 Å². The van der Waals surface area contributed by atoms with E-state index in [-0.39, 0.29) is 0 Å². The van der Waals surface area contributed by atoms with Crippen molar-refractivity contribution in [3.05, 3.63) is 0 Å². The molecule has 0 fully saturated rings. The van der Waals surface area contributed by atoms with Gasteiger partial charge in [-0.3, -0.25) is 0 Å². The van der Waals surface area contributed by atoms with Crippen LogP contribution >= 0.6 is 0 Å². The van der Waals surface area contributed by atoms with E-state index in [1.807, 2.05) is 0 Å². The molecule has 4 nitrogen and oxygen atoms in total. The van der Waals surface area contributed by atoms with Gasteiger partial charge in [0.05, 0.1) is 39.6 Å². The summed E-state index contributed by atoms with van der Waals surface area (Å²) in [5.41, 5.74) is 0. The van der Waals surface area contributed by atoms with Crippen LogP contribution in [0.25, 0.3) is 0 Å². The second-order valence-corrected chi connectivity index (χ2v) is 5.65. The molecule has 0 aromatic carbocycles. The van der Waals surface area contributed by atoms with E-state index in [4.69, 9.17) is 18.9 Å². The molecule has 0 radical (unpaired) electrons. The first-order valence-electron chi connectivity index (χ1n) is 9.16. The Kier molecular flexibility index (Phi) is 18.8. The van der Waals surface area contributed by atoms with Crippen molar-refractivity contribution in [2.24, 2.45) is 5.92 Å². The second kappa shape index (κ2) is 18.9. The first kappa shape index (κ1) is 21.8. The van der Waals surface area contributed by atoms with Gasteiger partial charge in [-0.1, -0.05) is 46.5 Å². The maximum atomic E-state index is 5.63. The number of rotatable bonds is 18. The molecule has 0 heterocycles. The van der Waals surface area contributed by atoms with Gasteiger partial charge in [0.15, 0.2) is 0 Å². The lowest BCUT2D eigenvalue weighted by Crippen LogP contribution is -2.13. The Balaban J connectivity index is 3.13. The standard InChI is InChI=1S/C18H38O4/c1-4-7-8-18(6-3)9-11-20-13-15-22-17-16-21-14-12-19-10-5-2/h18H,4-17H2,1-3H3. The number of hydrogen-bond acceptors (Lipinski definition) is 4. The molecule has 0 spiro atoms. The van der Waals surface area contributed by atoms with Gasteiger partial charge < -0.3 is 18.9 Å². The van der Waals surface area contributed by atoms with Crippen LogP contribution in [0.2, 0.25) is 0 Å². The smallest absolute Gasteiger partial charge is 0.0701 e. The molecule has 134 valence electrons. The van der Waals surface area contributed by atoms with Gasteiger partial charge in [-0.15, -0.1) is 0 Å². The van der Waals surface area contributed by atoms with E-state index in [1.54, 1.807) is 0 Å². The van der Waals surface area contributed by atoms with Crippen LogP contribution in [-0.4, -0.2) is 52.9 Å². The Labute approximate surface area is 137 Å². The zero-order valence-electron chi connectivity index (χ0n) is 15.1. The van der Waals surface area contributed by atoms with Gasteiger partial charge in [0, 0.05) is 13.2 Å². The topological polar surface area (TPSA) is 36.9 Å². The third-order valence-corrected chi connectivity index (χ3v) is 3.68. The zero-order chi connectivity index (χ0) is 16.3. The molecule has 0 aliphatic rings. The van der Waals surface area contributed by atoms with Gasteiger partial charge in [0.1, 0.15) is 0 Å². The predicted molar refractivity (Wildman–Crippen MR) is 91.5 cm³/mol. The monoisotopic (exact) mass is 318 g/mol. The normalized spacial score (nSPS) is 12.7. The summed E-state index contributed by atoms with van der Waals surface area (Å²) < 4.78 is 21.8. The van der Waals surface area contributed by atoms with Gasteiger partial charge in [-0.05, 0) is 18.8 Å². The summed E-state index contributed by atoms with van der Waals surface area (Å²) in [5, 5.41) is 0.